The van der Waals surface area contributed by atoms with E-state index in [-0.39, 0.29) is 30.1 Å². The van der Waals surface area contributed by atoms with Crippen molar-refractivity contribution < 1.29 is 22.7 Å². The molecule has 1 aliphatic rings. The summed E-state index contributed by atoms with van der Waals surface area (Å²) in [4.78, 5) is 12.3. The summed E-state index contributed by atoms with van der Waals surface area (Å²) >= 11 is 6.01. The van der Waals surface area contributed by atoms with Crippen LogP contribution in [0.1, 0.15) is 24.0 Å². The van der Waals surface area contributed by atoms with Crippen LogP contribution in [0.4, 0.5) is 5.69 Å². The Morgan fingerprint density at radius 1 is 1.06 bits per heavy atom. The molecule has 3 aromatic rings. The Balaban J connectivity index is 1.48. The van der Waals surface area contributed by atoms with E-state index >= 15 is 0 Å². The molecule has 190 valence electrons. The lowest BCUT2D eigenvalue weighted by atomic mass is 10.2. The standard InChI is InChI=1S/C27H29ClN2O5S/c1-20-4-14-26(15-5-20)36(32,33)30(18-21-6-8-22(28)9-7-21)23-10-12-24(13-11-23)35-19-27(31)29-17-25-3-2-16-34-25/h4-15,25H,2-3,16-19H2,1H3,(H,29,31)/t25-/m1/s1. The van der Waals surface area contributed by atoms with Gasteiger partial charge in [-0.05, 0) is 73.9 Å². The molecule has 0 unspecified atom stereocenters. The fraction of sp³-hybridized carbons (Fsp3) is 0.296. The average molecular weight is 529 g/mol. The Bertz CT molecular complexity index is 1260. The number of nitrogens with zero attached hydrogens (tertiary/aromatic N) is 1. The lowest BCUT2D eigenvalue weighted by Crippen LogP contribution is -2.35. The van der Waals surface area contributed by atoms with Gasteiger partial charge in [0.1, 0.15) is 5.75 Å². The summed E-state index contributed by atoms with van der Waals surface area (Å²) in [6, 6.07) is 20.5. The number of benzene rings is 3. The van der Waals surface area contributed by atoms with E-state index in [1.807, 2.05) is 6.92 Å². The average Bonchev–Trinajstić information content (AvgIpc) is 3.40. The van der Waals surface area contributed by atoms with Crippen molar-refractivity contribution in [3.8, 4) is 5.75 Å². The van der Waals surface area contributed by atoms with Crippen LogP contribution in [0.15, 0.2) is 77.7 Å². The van der Waals surface area contributed by atoms with E-state index in [4.69, 9.17) is 21.1 Å². The van der Waals surface area contributed by atoms with Crippen LogP contribution in [-0.2, 0) is 26.1 Å². The minimum atomic E-state index is -3.85. The van der Waals surface area contributed by atoms with Crippen LogP contribution >= 0.6 is 11.6 Å². The van der Waals surface area contributed by atoms with E-state index < -0.39 is 10.0 Å². The molecule has 1 N–H and O–H groups in total. The highest BCUT2D eigenvalue weighted by Gasteiger charge is 2.25. The molecule has 0 bridgehead atoms. The quantitative estimate of drug-likeness (QED) is 0.411. The van der Waals surface area contributed by atoms with Crippen LogP contribution in [0.3, 0.4) is 0 Å². The van der Waals surface area contributed by atoms with Gasteiger partial charge >= 0.3 is 0 Å². The third-order valence-electron chi connectivity index (χ3n) is 5.89. The second kappa shape index (κ2) is 11.8. The number of halogens is 1. The molecule has 4 rings (SSSR count). The minimum absolute atomic E-state index is 0.0651. The van der Waals surface area contributed by atoms with Crippen molar-refractivity contribution in [1.29, 1.82) is 0 Å². The Morgan fingerprint density at radius 2 is 1.75 bits per heavy atom. The first-order valence-electron chi connectivity index (χ1n) is 11.8. The zero-order valence-electron chi connectivity index (χ0n) is 20.0. The van der Waals surface area contributed by atoms with E-state index in [1.165, 1.54) is 4.31 Å². The summed E-state index contributed by atoms with van der Waals surface area (Å²) in [5.41, 5.74) is 2.23. The van der Waals surface area contributed by atoms with Crippen molar-refractivity contribution in [1.82, 2.24) is 5.32 Å². The van der Waals surface area contributed by atoms with Crippen LogP contribution in [0, 0.1) is 6.92 Å². The van der Waals surface area contributed by atoms with Crippen molar-refractivity contribution in [3.05, 3.63) is 88.9 Å². The fourth-order valence-corrected chi connectivity index (χ4v) is 5.43. The molecule has 1 amide bonds. The van der Waals surface area contributed by atoms with Crippen LogP contribution in [0.5, 0.6) is 5.75 Å². The van der Waals surface area contributed by atoms with Gasteiger partial charge < -0.3 is 14.8 Å². The number of anilines is 1. The second-order valence-corrected chi connectivity index (χ2v) is 11.0. The highest BCUT2D eigenvalue weighted by molar-refractivity contribution is 7.92. The van der Waals surface area contributed by atoms with Gasteiger partial charge in [-0.25, -0.2) is 8.42 Å². The van der Waals surface area contributed by atoms with E-state index in [9.17, 15) is 13.2 Å². The van der Waals surface area contributed by atoms with Crippen molar-refractivity contribution in [2.24, 2.45) is 0 Å². The molecular formula is C27H29ClN2O5S. The molecule has 36 heavy (non-hydrogen) atoms. The molecule has 1 fully saturated rings. The molecule has 0 radical (unpaired) electrons. The van der Waals surface area contributed by atoms with Crippen molar-refractivity contribution >= 4 is 33.2 Å². The first-order chi connectivity index (χ1) is 17.3. The largest absolute Gasteiger partial charge is 0.484 e. The number of nitrogens with one attached hydrogen (secondary N) is 1. The highest BCUT2D eigenvalue weighted by atomic mass is 35.5. The van der Waals surface area contributed by atoms with Crippen molar-refractivity contribution in [3.63, 3.8) is 0 Å². The number of hydrogen-bond acceptors (Lipinski definition) is 5. The summed E-state index contributed by atoms with van der Waals surface area (Å²) in [5, 5.41) is 3.39. The Kier molecular flexibility index (Phi) is 8.51. The molecule has 1 saturated heterocycles. The number of amides is 1. The lowest BCUT2D eigenvalue weighted by Gasteiger charge is -2.25. The van der Waals surface area contributed by atoms with Gasteiger partial charge in [0.25, 0.3) is 15.9 Å². The summed E-state index contributed by atoms with van der Waals surface area (Å²) in [6.07, 6.45) is 2.02. The van der Waals surface area contributed by atoms with Crippen LogP contribution in [-0.4, -0.2) is 40.2 Å². The van der Waals surface area contributed by atoms with Gasteiger partial charge in [-0.2, -0.15) is 0 Å². The molecular weight excluding hydrogens is 500 g/mol. The maximum atomic E-state index is 13.6. The molecule has 3 aromatic carbocycles. The number of carbonyl (C=O) groups excluding carboxylic acids is 1. The molecule has 0 spiro atoms. The normalized spacial score (nSPS) is 15.4. The number of aryl methyl sites for hydroxylation is 1. The van der Waals surface area contributed by atoms with E-state index in [2.05, 4.69) is 5.32 Å². The predicted molar refractivity (Wildman–Crippen MR) is 140 cm³/mol. The first-order valence-corrected chi connectivity index (χ1v) is 13.6. The number of sulfonamides is 1. The predicted octanol–water partition coefficient (Wildman–Crippen LogP) is 4.72. The van der Waals surface area contributed by atoms with E-state index in [0.717, 1.165) is 30.6 Å². The van der Waals surface area contributed by atoms with Crippen LogP contribution in [0.25, 0.3) is 0 Å². The number of hydrogen-bond donors (Lipinski definition) is 1. The molecule has 0 saturated carbocycles. The smallest absolute Gasteiger partial charge is 0.264 e. The minimum Gasteiger partial charge on any atom is -0.484 e. The highest BCUT2D eigenvalue weighted by Crippen LogP contribution is 2.28. The Labute approximate surface area is 217 Å². The monoisotopic (exact) mass is 528 g/mol. The van der Waals surface area contributed by atoms with Gasteiger partial charge in [-0.3, -0.25) is 9.10 Å². The van der Waals surface area contributed by atoms with Crippen LogP contribution in [0.2, 0.25) is 5.02 Å². The van der Waals surface area contributed by atoms with Crippen molar-refractivity contribution in [2.45, 2.75) is 37.3 Å². The van der Waals surface area contributed by atoms with Gasteiger partial charge in [0.2, 0.25) is 0 Å². The topological polar surface area (TPSA) is 84.9 Å². The molecule has 1 aliphatic heterocycles. The van der Waals surface area contributed by atoms with E-state index in [1.54, 1.807) is 72.8 Å². The zero-order chi connectivity index (χ0) is 25.5. The summed E-state index contributed by atoms with van der Waals surface area (Å²) < 4.78 is 39.6. The molecule has 1 atom stereocenters. The summed E-state index contributed by atoms with van der Waals surface area (Å²) in [7, 11) is -3.85. The third kappa shape index (κ3) is 6.78. The Morgan fingerprint density at radius 3 is 2.39 bits per heavy atom. The molecule has 9 heteroatoms. The molecule has 0 aromatic heterocycles. The lowest BCUT2D eigenvalue weighted by molar-refractivity contribution is -0.123. The number of ether oxygens (including phenoxy) is 2. The number of carbonyl (C=O) groups is 1. The van der Waals surface area contributed by atoms with E-state index in [0.29, 0.717) is 23.0 Å². The maximum absolute atomic E-state index is 13.6. The third-order valence-corrected chi connectivity index (χ3v) is 7.93. The molecule has 7 nitrogen and oxygen atoms in total. The fourth-order valence-electron chi connectivity index (χ4n) is 3.85. The second-order valence-electron chi connectivity index (χ2n) is 8.67. The summed E-state index contributed by atoms with van der Waals surface area (Å²) in [6.45, 7) is 3.10. The molecule has 0 aliphatic carbocycles. The van der Waals surface area contributed by atoms with Gasteiger partial charge in [0.15, 0.2) is 6.61 Å². The maximum Gasteiger partial charge on any atom is 0.264 e. The molecule has 1 heterocycles. The van der Waals surface area contributed by atoms with Gasteiger partial charge in [-0.1, -0.05) is 41.4 Å². The zero-order valence-corrected chi connectivity index (χ0v) is 21.6. The first kappa shape index (κ1) is 26.0. The van der Waals surface area contributed by atoms with Gasteiger partial charge in [-0.15, -0.1) is 0 Å². The van der Waals surface area contributed by atoms with Crippen LogP contribution < -0.4 is 14.4 Å². The SMILES string of the molecule is Cc1ccc(S(=O)(=O)N(Cc2ccc(Cl)cc2)c2ccc(OCC(=O)NC[C@H]3CCCO3)cc2)cc1. The van der Waals surface area contributed by atoms with Gasteiger partial charge in [0, 0.05) is 18.2 Å². The van der Waals surface area contributed by atoms with Crippen molar-refractivity contribution in [2.75, 3.05) is 24.1 Å². The summed E-state index contributed by atoms with van der Waals surface area (Å²) in [5.74, 6) is 0.228. The number of rotatable bonds is 10. The Hall–Kier alpha value is -3.07. The van der Waals surface area contributed by atoms with Gasteiger partial charge in [0.05, 0.1) is 23.2 Å².